The van der Waals surface area contributed by atoms with E-state index >= 15 is 4.39 Å². The minimum Gasteiger partial charge on any atom is -0.508 e. The van der Waals surface area contributed by atoms with Gasteiger partial charge in [0.05, 0.1) is 22.0 Å². The van der Waals surface area contributed by atoms with Gasteiger partial charge in [0, 0.05) is 58.1 Å². The average molecular weight is 670 g/mol. The number of hydrogen-bond acceptors (Lipinski definition) is 9. The summed E-state index contributed by atoms with van der Waals surface area (Å²) in [6.45, 7) is -4.53. The maximum absolute atomic E-state index is 17.2. The molecule has 2 aromatic carbocycles. The van der Waals surface area contributed by atoms with Gasteiger partial charge in [-0.3, -0.25) is 0 Å². The summed E-state index contributed by atoms with van der Waals surface area (Å²) >= 11 is 0. The Morgan fingerprint density at radius 3 is 2.62 bits per heavy atom. The fraction of sp³-hybridized carbons (Fsp3) is 0.457. The number of halogens is 4. The van der Waals surface area contributed by atoms with Crippen LogP contribution in [0.15, 0.2) is 24.3 Å². The van der Waals surface area contributed by atoms with Crippen molar-refractivity contribution in [1.29, 1.82) is 0 Å². The summed E-state index contributed by atoms with van der Waals surface area (Å²) in [6.07, 6.45) is 4.03. The summed E-state index contributed by atoms with van der Waals surface area (Å²) in [4.78, 5) is 16.1. The first kappa shape index (κ1) is 26.5. The Labute approximate surface area is 282 Å². The highest BCUT2D eigenvalue weighted by molar-refractivity contribution is 6.04. The van der Waals surface area contributed by atoms with Crippen LogP contribution >= 0.6 is 0 Å². The van der Waals surface area contributed by atoms with Crippen molar-refractivity contribution in [2.45, 2.75) is 44.7 Å². The van der Waals surface area contributed by atoms with Crippen molar-refractivity contribution in [2.75, 3.05) is 51.7 Å². The maximum Gasteiger partial charge on any atom is 0.319 e. The second-order valence-corrected chi connectivity index (χ2v) is 12.8. The van der Waals surface area contributed by atoms with Crippen LogP contribution in [0.1, 0.15) is 38.6 Å². The molecule has 48 heavy (non-hydrogen) atoms. The van der Waals surface area contributed by atoms with Gasteiger partial charge in [0.1, 0.15) is 34.0 Å². The van der Waals surface area contributed by atoms with Crippen molar-refractivity contribution in [3.05, 3.63) is 41.5 Å². The van der Waals surface area contributed by atoms with Crippen LogP contribution in [0.5, 0.6) is 17.6 Å². The van der Waals surface area contributed by atoms with Gasteiger partial charge in [-0.05, 0) is 56.4 Å². The third-order valence-corrected chi connectivity index (χ3v) is 9.60. The molecule has 9 nitrogen and oxygen atoms in total. The number of methoxy groups -OCH3 is 1. The average Bonchev–Trinajstić information content (AvgIpc) is 3.43. The molecule has 3 fully saturated rings. The van der Waals surface area contributed by atoms with Gasteiger partial charge in [-0.1, -0.05) is 18.9 Å². The number of likely N-dealkylation sites (tertiary alicyclic amines) is 1. The van der Waals surface area contributed by atoms with Crippen LogP contribution in [0.2, 0.25) is 0 Å². The Morgan fingerprint density at radius 2 is 1.94 bits per heavy atom. The van der Waals surface area contributed by atoms with Gasteiger partial charge in [-0.15, -0.1) is 6.42 Å². The number of terminal acetylenes is 1. The minimum atomic E-state index is -3.02. The normalized spacial score (nSPS) is 26.5. The van der Waals surface area contributed by atoms with E-state index < -0.39 is 66.7 Å². The first-order chi connectivity index (χ1) is 24.9. The first-order valence-corrected chi connectivity index (χ1v) is 15.6. The zero-order valence-electron chi connectivity index (χ0n) is 31.2. The zero-order chi connectivity index (χ0) is 38.2. The maximum atomic E-state index is 17.2. The van der Waals surface area contributed by atoms with Gasteiger partial charge in [-0.25, -0.2) is 22.5 Å². The van der Waals surface area contributed by atoms with Crippen LogP contribution in [-0.4, -0.2) is 90.3 Å². The van der Waals surface area contributed by atoms with Crippen LogP contribution in [0, 0.1) is 35.3 Å². The van der Waals surface area contributed by atoms with Crippen molar-refractivity contribution in [1.82, 2.24) is 25.2 Å². The van der Waals surface area contributed by atoms with Crippen LogP contribution in [0.25, 0.3) is 32.9 Å². The summed E-state index contributed by atoms with van der Waals surface area (Å²) in [6, 6.07) is 4.36. The summed E-state index contributed by atoms with van der Waals surface area (Å²) in [5, 5.41) is 14.5. The van der Waals surface area contributed by atoms with E-state index in [1.165, 1.54) is 26.2 Å². The Morgan fingerprint density at radius 1 is 1.17 bits per heavy atom. The highest BCUT2D eigenvalue weighted by Gasteiger charge is 2.45. The molecule has 0 radical (unpaired) electrons. The number of aromatic hydroxyl groups is 1. The van der Waals surface area contributed by atoms with E-state index in [2.05, 4.69) is 26.2 Å². The molecule has 3 aliphatic rings. The molecule has 4 atom stereocenters. The van der Waals surface area contributed by atoms with E-state index in [4.69, 9.17) is 22.8 Å². The third-order valence-electron chi connectivity index (χ3n) is 9.60. The molecule has 2 bridgehead atoms. The third kappa shape index (κ3) is 5.50. The molecule has 0 unspecified atom stereocenters. The first-order valence-electron chi connectivity index (χ1n) is 18.1. The molecule has 252 valence electrons. The van der Waals surface area contributed by atoms with Gasteiger partial charge >= 0.3 is 6.01 Å². The molecular formula is C35H36F4N6O3. The summed E-state index contributed by atoms with van der Waals surface area (Å²) < 4.78 is 114. The number of benzene rings is 2. The summed E-state index contributed by atoms with van der Waals surface area (Å²) in [5.41, 5.74) is -3.30. The van der Waals surface area contributed by atoms with Crippen LogP contribution < -0.4 is 19.7 Å². The van der Waals surface area contributed by atoms with E-state index in [0.29, 0.717) is 13.1 Å². The Kier molecular flexibility index (Phi) is 6.76. The van der Waals surface area contributed by atoms with E-state index in [-0.39, 0.29) is 69.8 Å². The molecule has 2 aromatic heterocycles. The number of rotatable bonds is 7. The predicted octanol–water partition coefficient (Wildman–Crippen LogP) is 5.36. The molecule has 3 aliphatic heterocycles. The number of aromatic nitrogens is 3. The zero-order valence-corrected chi connectivity index (χ0v) is 26.2. The lowest BCUT2D eigenvalue weighted by Crippen LogP contribution is -2.51. The molecular weight excluding hydrogens is 628 g/mol. The van der Waals surface area contributed by atoms with E-state index in [9.17, 15) is 18.3 Å². The second kappa shape index (κ2) is 12.2. The summed E-state index contributed by atoms with van der Waals surface area (Å²) in [5.74, 6) is -1.59. The van der Waals surface area contributed by atoms with Gasteiger partial charge in [0.25, 0.3) is 0 Å². The summed E-state index contributed by atoms with van der Waals surface area (Å²) in [7, 11) is 1.29. The number of anilines is 1. The smallest absolute Gasteiger partial charge is 0.319 e. The Bertz CT molecular complexity index is 2140. The number of phenols is 1. The largest absolute Gasteiger partial charge is 0.508 e. The topological polar surface area (TPSA) is 95.9 Å². The lowest BCUT2D eigenvalue weighted by molar-refractivity contribution is -0.0679. The van der Waals surface area contributed by atoms with Crippen molar-refractivity contribution >= 4 is 27.5 Å². The molecule has 2 N–H and O–H groups in total. The van der Waals surface area contributed by atoms with Gasteiger partial charge in [0.2, 0.25) is 12.3 Å². The Balaban J connectivity index is 1.45. The molecule has 5 heterocycles. The highest BCUT2D eigenvalue weighted by Crippen LogP contribution is 2.43. The molecule has 13 heteroatoms. The number of pyridine rings is 1. The standard InChI is InChI=1S/C35H36F4N6O3/c1-5-22-25(36)9-6-18-12-21(46)13-23(26(18)22)29-28(37)30-27(33(41-29)47-4)32(45-14-19-7-8-20(15-45)40-19)43-34(42-30)48-17-35(2)16-44(3)11-10-24(35)31(38)39/h1,6,9,12-13,19-20,24,31,40,46H,7-8,10-11,14-17H2,2-4H3/t19-,20+,24-,35+/m1/s1/i3D3,17D2. The predicted molar refractivity (Wildman–Crippen MR) is 174 cm³/mol. The molecule has 7 rings (SSSR count). The van der Waals surface area contributed by atoms with Crippen molar-refractivity contribution in [3.63, 3.8) is 0 Å². The van der Waals surface area contributed by atoms with Gasteiger partial charge < -0.3 is 29.7 Å². The fourth-order valence-corrected chi connectivity index (χ4v) is 7.31. The molecule has 0 saturated carbocycles. The van der Waals surface area contributed by atoms with E-state index in [1.807, 2.05) is 4.90 Å². The molecule has 3 saturated heterocycles. The molecule has 0 spiro atoms. The van der Waals surface area contributed by atoms with Gasteiger partial charge in [-0.2, -0.15) is 9.97 Å². The minimum absolute atomic E-state index is 0.00122. The number of piperazine rings is 1. The Hall–Kier alpha value is -4.41. The van der Waals surface area contributed by atoms with Gasteiger partial charge in [0.15, 0.2) is 5.82 Å². The SMILES string of the molecule is [2H]C([2H])([2H])N1CC[C@H](C(F)F)[C@](C)(C([2H])([2H])Oc2nc(N3C[C@H]4CC[C@@H](C3)N4)c3c(OC)nc(-c4cc(O)cc5ccc(F)c(C#C)c45)c(F)c3n2)C1. The number of fused-ring (bicyclic) bond motifs is 4. The van der Waals surface area contributed by atoms with E-state index in [0.717, 1.165) is 29.9 Å². The molecule has 0 amide bonds. The lowest BCUT2D eigenvalue weighted by Gasteiger charge is -2.44. The van der Waals surface area contributed by atoms with E-state index in [1.54, 1.807) is 0 Å². The van der Waals surface area contributed by atoms with Crippen LogP contribution in [0.4, 0.5) is 23.4 Å². The number of phenolic OH excluding ortho intramolecular Hbond substituents is 1. The molecule has 0 aliphatic carbocycles. The fourth-order valence-electron chi connectivity index (χ4n) is 7.31. The second-order valence-electron chi connectivity index (χ2n) is 12.8. The monoisotopic (exact) mass is 669 g/mol. The lowest BCUT2D eigenvalue weighted by atomic mass is 9.73. The van der Waals surface area contributed by atoms with Crippen LogP contribution in [0.3, 0.4) is 0 Å². The number of nitrogens with zero attached hydrogens (tertiary/aromatic N) is 5. The number of alkyl halides is 2. The number of nitrogens with one attached hydrogen (secondary N) is 1. The number of hydrogen-bond donors (Lipinski definition) is 2. The number of piperidine rings is 1. The quantitative estimate of drug-likeness (QED) is 0.199. The highest BCUT2D eigenvalue weighted by atomic mass is 19.3. The molecule has 4 aromatic rings. The van der Waals surface area contributed by atoms with Crippen molar-refractivity contribution < 1.29 is 39.0 Å². The van der Waals surface area contributed by atoms with Crippen LogP contribution in [-0.2, 0) is 0 Å². The number of ether oxygens (including phenoxy) is 2. The van der Waals surface area contributed by atoms with Crippen molar-refractivity contribution in [3.8, 4) is 41.2 Å². The van der Waals surface area contributed by atoms with Crippen molar-refractivity contribution in [2.24, 2.45) is 11.3 Å².